The van der Waals surface area contributed by atoms with Crippen molar-refractivity contribution < 1.29 is 9.90 Å². The van der Waals surface area contributed by atoms with Gasteiger partial charge in [0.2, 0.25) is 5.13 Å². The van der Waals surface area contributed by atoms with E-state index in [1.165, 1.54) is 11.3 Å². The molecule has 0 bridgehead atoms. The lowest BCUT2D eigenvalue weighted by Gasteiger charge is -2.41. The van der Waals surface area contributed by atoms with Gasteiger partial charge in [0.25, 0.3) is 0 Å². The van der Waals surface area contributed by atoms with Gasteiger partial charge in [-0.1, -0.05) is 18.3 Å². The van der Waals surface area contributed by atoms with Crippen LogP contribution < -0.4 is 5.32 Å². The molecule has 6 nitrogen and oxygen atoms in total. The summed E-state index contributed by atoms with van der Waals surface area (Å²) in [5.74, 6) is 0. The zero-order valence-electron chi connectivity index (χ0n) is 11.3. The number of carbonyl (C=O) groups is 1. The number of carbonyl (C=O) groups excluding carboxylic acids is 1. The van der Waals surface area contributed by atoms with E-state index in [1.807, 2.05) is 6.92 Å². The molecule has 0 radical (unpaired) electrons. The number of aryl methyl sites for hydroxylation is 1. The van der Waals surface area contributed by atoms with E-state index in [1.54, 1.807) is 4.90 Å². The van der Waals surface area contributed by atoms with Crippen LogP contribution in [0.4, 0.5) is 9.93 Å². The molecule has 0 spiro atoms. The van der Waals surface area contributed by atoms with Gasteiger partial charge in [-0.05, 0) is 26.2 Å². The minimum Gasteiger partial charge on any atom is -0.396 e. The molecule has 1 aromatic rings. The van der Waals surface area contributed by atoms with E-state index < -0.39 is 0 Å². The fourth-order valence-corrected chi connectivity index (χ4v) is 3.01. The number of likely N-dealkylation sites (tertiary alicyclic amines) is 1. The summed E-state index contributed by atoms with van der Waals surface area (Å²) in [6.45, 7) is 5.37. The molecule has 106 valence electrons. The van der Waals surface area contributed by atoms with E-state index in [0.717, 1.165) is 30.8 Å². The first kappa shape index (κ1) is 14.2. The van der Waals surface area contributed by atoms with Crippen molar-refractivity contribution in [2.45, 2.75) is 33.1 Å². The second kappa shape index (κ2) is 5.83. The molecule has 1 aliphatic heterocycles. The first-order valence-electron chi connectivity index (χ1n) is 6.55. The van der Waals surface area contributed by atoms with Crippen molar-refractivity contribution in [3.8, 4) is 0 Å². The fourth-order valence-electron chi connectivity index (χ4n) is 2.43. The Kier molecular flexibility index (Phi) is 4.36. The molecule has 2 amide bonds. The van der Waals surface area contributed by atoms with Gasteiger partial charge in [0, 0.05) is 18.5 Å². The molecule has 1 atom stereocenters. The molecule has 0 aromatic carbocycles. The van der Waals surface area contributed by atoms with E-state index in [0.29, 0.717) is 11.7 Å². The summed E-state index contributed by atoms with van der Waals surface area (Å²) in [7, 11) is 0. The van der Waals surface area contributed by atoms with Gasteiger partial charge in [-0.3, -0.25) is 5.32 Å². The molecule has 0 unspecified atom stereocenters. The van der Waals surface area contributed by atoms with E-state index in [2.05, 4.69) is 22.4 Å². The van der Waals surface area contributed by atoms with Crippen LogP contribution in [-0.2, 0) is 0 Å². The van der Waals surface area contributed by atoms with E-state index >= 15 is 0 Å². The second-order valence-electron chi connectivity index (χ2n) is 5.09. The maximum absolute atomic E-state index is 12.2. The molecule has 1 fully saturated rings. The molecule has 19 heavy (non-hydrogen) atoms. The van der Waals surface area contributed by atoms with Crippen LogP contribution in [0.1, 0.15) is 31.2 Å². The smallest absolute Gasteiger partial charge is 0.323 e. The minimum absolute atomic E-state index is 0.130. The lowest BCUT2D eigenvalue weighted by molar-refractivity contribution is 0.0468. The number of hydrogen-bond acceptors (Lipinski definition) is 5. The normalized spacial score (nSPS) is 23.4. The largest absolute Gasteiger partial charge is 0.396 e. The van der Waals surface area contributed by atoms with Crippen LogP contribution in [0.25, 0.3) is 0 Å². The summed E-state index contributed by atoms with van der Waals surface area (Å²) in [5.41, 5.74) is -0.146. The molecular formula is C12H20N4O2S. The Hall–Kier alpha value is -1.21. The third-order valence-corrected chi connectivity index (χ3v) is 4.53. The van der Waals surface area contributed by atoms with Gasteiger partial charge >= 0.3 is 6.03 Å². The molecule has 7 heteroatoms. The predicted molar refractivity (Wildman–Crippen MR) is 74.3 cm³/mol. The van der Waals surface area contributed by atoms with Crippen LogP contribution in [0.5, 0.6) is 0 Å². The van der Waals surface area contributed by atoms with Gasteiger partial charge < -0.3 is 10.0 Å². The van der Waals surface area contributed by atoms with Gasteiger partial charge in [-0.15, -0.1) is 10.2 Å². The molecular weight excluding hydrogens is 264 g/mol. The van der Waals surface area contributed by atoms with E-state index in [-0.39, 0.29) is 18.1 Å². The van der Waals surface area contributed by atoms with Crippen LogP contribution in [0.3, 0.4) is 0 Å². The SMILES string of the molecule is CC[C@@]1(CO)CCCN(C(=O)Nc2nnc(C)s2)C1. The van der Waals surface area contributed by atoms with Gasteiger partial charge in [-0.25, -0.2) is 4.79 Å². The number of aliphatic hydroxyl groups excluding tert-OH is 1. The monoisotopic (exact) mass is 284 g/mol. The van der Waals surface area contributed by atoms with Gasteiger partial charge in [0.05, 0.1) is 6.61 Å². The number of piperidine rings is 1. The Labute approximate surface area is 116 Å². The van der Waals surface area contributed by atoms with Crippen molar-refractivity contribution in [3.05, 3.63) is 5.01 Å². The van der Waals surface area contributed by atoms with Crippen LogP contribution in [0.2, 0.25) is 0 Å². The number of amides is 2. The molecule has 1 saturated heterocycles. The summed E-state index contributed by atoms with van der Waals surface area (Å²) >= 11 is 1.36. The molecule has 0 aliphatic carbocycles. The third kappa shape index (κ3) is 3.22. The Morgan fingerprint density at radius 3 is 2.95 bits per heavy atom. The second-order valence-corrected chi connectivity index (χ2v) is 6.27. The van der Waals surface area contributed by atoms with Gasteiger partial charge in [0.1, 0.15) is 5.01 Å². The Morgan fingerprint density at radius 2 is 2.37 bits per heavy atom. The molecule has 2 N–H and O–H groups in total. The highest BCUT2D eigenvalue weighted by Crippen LogP contribution is 2.33. The number of nitrogens with one attached hydrogen (secondary N) is 1. The summed E-state index contributed by atoms with van der Waals surface area (Å²) in [4.78, 5) is 13.9. The highest BCUT2D eigenvalue weighted by molar-refractivity contribution is 7.15. The summed E-state index contributed by atoms with van der Waals surface area (Å²) in [6, 6.07) is -0.151. The Bertz CT molecular complexity index is 445. The van der Waals surface area contributed by atoms with Crippen molar-refractivity contribution in [3.63, 3.8) is 0 Å². The number of anilines is 1. The number of hydrogen-bond donors (Lipinski definition) is 2. The highest BCUT2D eigenvalue weighted by Gasteiger charge is 2.35. The lowest BCUT2D eigenvalue weighted by Crippen LogP contribution is -2.49. The molecule has 1 aliphatic rings. The zero-order valence-corrected chi connectivity index (χ0v) is 12.2. The van der Waals surface area contributed by atoms with Crippen molar-refractivity contribution >= 4 is 22.5 Å². The maximum Gasteiger partial charge on any atom is 0.323 e. The van der Waals surface area contributed by atoms with E-state index in [9.17, 15) is 9.90 Å². The number of aromatic nitrogens is 2. The Morgan fingerprint density at radius 1 is 1.58 bits per heavy atom. The fraction of sp³-hybridized carbons (Fsp3) is 0.750. The lowest BCUT2D eigenvalue weighted by atomic mass is 9.78. The number of rotatable bonds is 3. The Balaban J connectivity index is 1.99. The van der Waals surface area contributed by atoms with E-state index in [4.69, 9.17) is 0 Å². The topological polar surface area (TPSA) is 78.4 Å². The van der Waals surface area contributed by atoms with Crippen LogP contribution in [0.15, 0.2) is 0 Å². The average Bonchev–Trinajstić information content (AvgIpc) is 2.84. The van der Waals surface area contributed by atoms with Gasteiger partial charge in [0.15, 0.2) is 0 Å². The third-order valence-electron chi connectivity index (χ3n) is 3.77. The molecule has 2 heterocycles. The molecule has 0 saturated carbocycles. The standard InChI is InChI=1S/C12H20N4O2S/c1-3-12(8-17)5-4-6-16(7-12)11(18)13-10-15-14-9(2)19-10/h17H,3-8H2,1-2H3,(H,13,15,18)/t12-/m1/s1. The summed E-state index contributed by atoms with van der Waals surface area (Å²) in [5, 5.41) is 21.4. The van der Waals surface area contributed by atoms with Crippen LogP contribution in [-0.4, -0.2) is 45.9 Å². The molecule has 2 rings (SSSR count). The van der Waals surface area contributed by atoms with Crippen molar-refractivity contribution in [2.24, 2.45) is 5.41 Å². The summed E-state index contributed by atoms with van der Waals surface area (Å²) < 4.78 is 0. The van der Waals surface area contributed by atoms with Crippen molar-refractivity contribution in [2.75, 3.05) is 25.0 Å². The first-order chi connectivity index (χ1) is 9.08. The minimum atomic E-state index is -0.151. The quantitative estimate of drug-likeness (QED) is 0.888. The maximum atomic E-state index is 12.2. The van der Waals surface area contributed by atoms with Crippen molar-refractivity contribution in [1.82, 2.24) is 15.1 Å². The zero-order chi connectivity index (χ0) is 13.9. The number of nitrogens with zero attached hydrogens (tertiary/aromatic N) is 3. The first-order valence-corrected chi connectivity index (χ1v) is 7.37. The molecule has 1 aromatic heterocycles. The van der Waals surface area contributed by atoms with Crippen LogP contribution in [0, 0.1) is 12.3 Å². The summed E-state index contributed by atoms with van der Waals surface area (Å²) in [6.07, 6.45) is 2.78. The highest BCUT2D eigenvalue weighted by atomic mass is 32.1. The predicted octanol–water partition coefficient (Wildman–Crippen LogP) is 1.86. The number of aliphatic hydroxyl groups is 1. The number of urea groups is 1. The average molecular weight is 284 g/mol. The van der Waals surface area contributed by atoms with Crippen LogP contribution >= 0.6 is 11.3 Å². The van der Waals surface area contributed by atoms with Gasteiger partial charge in [-0.2, -0.15) is 0 Å². The van der Waals surface area contributed by atoms with Crippen molar-refractivity contribution in [1.29, 1.82) is 0 Å².